The number of carboxylic acid groups (broad SMARTS) is 1. The molecule has 1 saturated heterocycles. The number of anilines is 1. The minimum absolute atomic E-state index is 0.00187. The minimum Gasteiger partial charge on any atom is -0.480 e. The molecule has 3 N–H and O–H groups in total. The summed E-state index contributed by atoms with van der Waals surface area (Å²) in [5.74, 6) is -3.85. The van der Waals surface area contributed by atoms with Gasteiger partial charge in [0.05, 0.1) is 16.8 Å². The average Bonchev–Trinajstić information content (AvgIpc) is 2.96. The Labute approximate surface area is 195 Å². The SMILES string of the molecule is CC(C)(C)OC(=O)NCCN(CC(=O)O)c1cccc2c1C(=O)N(C1CCC(=O)NC1=O)C2=O. The number of nitrogens with one attached hydrogen (secondary N) is 2. The van der Waals surface area contributed by atoms with E-state index in [-0.39, 0.29) is 42.7 Å². The zero-order chi connectivity index (χ0) is 25.2. The molecule has 1 aromatic carbocycles. The molecule has 2 heterocycles. The van der Waals surface area contributed by atoms with Gasteiger partial charge in [-0.05, 0) is 39.3 Å². The van der Waals surface area contributed by atoms with E-state index in [0.717, 1.165) is 4.90 Å². The molecule has 12 heteroatoms. The summed E-state index contributed by atoms with van der Waals surface area (Å²) in [5, 5.41) is 14.0. The van der Waals surface area contributed by atoms with Crippen molar-refractivity contribution in [2.24, 2.45) is 0 Å². The number of fused-ring (bicyclic) bond motifs is 1. The summed E-state index contributed by atoms with van der Waals surface area (Å²) in [4.78, 5) is 75.6. The van der Waals surface area contributed by atoms with E-state index in [1.807, 2.05) is 0 Å². The van der Waals surface area contributed by atoms with Crippen molar-refractivity contribution in [1.82, 2.24) is 15.5 Å². The molecule has 2 aliphatic heterocycles. The van der Waals surface area contributed by atoms with Crippen LogP contribution in [0.25, 0.3) is 0 Å². The largest absolute Gasteiger partial charge is 0.480 e. The highest BCUT2D eigenvalue weighted by Gasteiger charge is 2.46. The number of nitrogens with zero attached hydrogens (tertiary/aromatic N) is 2. The topological polar surface area (TPSA) is 162 Å². The Hall–Kier alpha value is -3.96. The molecule has 5 amide bonds. The van der Waals surface area contributed by atoms with Gasteiger partial charge in [-0.3, -0.25) is 34.2 Å². The summed E-state index contributed by atoms with van der Waals surface area (Å²) in [7, 11) is 0. The molecule has 1 fully saturated rings. The summed E-state index contributed by atoms with van der Waals surface area (Å²) in [5.41, 5.74) is -0.533. The second-order valence-electron chi connectivity index (χ2n) is 8.89. The number of amides is 5. The summed E-state index contributed by atoms with van der Waals surface area (Å²) >= 11 is 0. The molecule has 0 aromatic heterocycles. The second-order valence-corrected chi connectivity index (χ2v) is 8.89. The third-order valence-electron chi connectivity index (χ3n) is 5.16. The maximum absolute atomic E-state index is 13.3. The Morgan fingerprint density at radius 2 is 1.91 bits per heavy atom. The highest BCUT2D eigenvalue weighted by Crippen LogP contribution is 2.34. The lowest BCUT2D eigenvalue weighted by Crippen LogP contribution is -2.54. The van der Waals surface area contributed by atoms with E-state index in [1.54, 1.807) is 20.8 Å². The molecular weight excluding hydrogens is 448 g/mol. The number of aliphatic carboxylic acids is 1. The zero-order valence-corrected chi connectivity index (χ0v) is 19.0. The minimum atomic E-state index is -1.19. The summed E-state index contributed by atoms with van der Waals surface area (Å²) < 4.78 is 5.16. The van der Waals surface area contributed by atoms with E-state index in [9.17, 15) is 33.9 Å². The highest BCUT2D eigenvalue weighted by molar-refractivity contribution is 6.25. The molecule has 1 unspecified atom stereocenters. The molecule has 0 spiro atoms. The fraction of sp³-hybridized carbons (Fsp3) is 0.455. The molecule has 1 aromatic rings. The zero-order valence-electron chi connectivity index (χ0n) is 19.0. The first kappa shape index (κ1) is 24.7. The summed E-state index contributed by atoms with van der Waals surface area (Å²) in [6, 6.07) is 3.28. The van der Waals surface area contributed by atoms with E-state index in [1.165, 1.54) is 23.1 Å². The van der Waals surface area contributed by atoms with Crippen LogP contribution in [0.5, 0.6) is 0 Å². The number of alkyl carbamates (subject to hydrolysis) is 1. The smallest absolute Gasteiger partial charge is 0.407 e. The summed E-state index contributed by atoms with van der Waals surface area (Å²) in [6.07, 6.45) is -0.696. The van der Waals surface area contributed by atoms with Gasteiger partial charge >= 0.3 is 12.1 Å². The van der Waals surface area contributed by atoms with E-state index < -0.39 is 53.9 Å². The number of imide groups is 2. The van der Waals surface area contributed by atoms with Crippen LogP contribution in [-0.2, 0) is 19.1 Å². The van der Waals surface area contributed by atoms with Gasteiger partial charge in [0.2, 0.25) is 11.8 Å². The predicted molar refractivity (Wildman–Crippen MR) is 117 cm³/mol. The van der Waals surface area contributed by atoms with Crippen molar-refractivity contribution in [2.45, 2.75) is 45.3 Å². The van der Waals surface area contributed by atoms with Gasteiger partial charge in [-0.15, -0.1) is 0 Å². The van der Waals surface area contributed by atoms with Gasteiger partial charge in [-0.25, -0.2) is 4.79 Å². The summed E-state index contributed by atoms with van der Waals surface area (Å²) in [6.45, 7) is 4.60. The molecule has 3 rings (SSSR count). The Morgan fingerprint density at radius 1 is 1.21 bits per heavy atom. The van der Waals surface area contributed by atoms with Crippen molar-refractivity contribution < 1.29 is 38.6 Å². The molecule has 12 nitrogen and oxygen atoms in total. The van der Waals surface area contributed by atoms with E-state index in [4.69, 9.17) is 4.74 Å². The number of hydrogen-bond acceptors (Lipinski definition) is 8. The van der Waals surface area contributed by atoms with Crippen LogP contribution in [-0.4, -0.2) is 77.0 Å². The fourth-order valence-corrected chi connectivity index (χ4v) is 3.82. The van der Waals surface area contributed by atoms with E-state index in [2.05, 4.69) is 10.6 Å². The van der Waals surface area contributed by atoms with Gasteiger partial charge in [0.1, 0.15) is 18.2 Å². The standard InChI is InChI=1S/C22H26N4O8/c1-22(2,3)34-21(33)23-9-10-25(11-16(28)29)13-6-4-5-12-17(13)20(32)26(19(12)31)14-7-8-15(27)24-18(14)30/h4-6,14H,7-11H2,1-3H3,(H,23,33)(H,28,29)(H,24,27,30). The first-order valence-corrected chi connectivity index (χ1v) is 10.7. The highest BCUT2D eigenvalue weighted by atomic mass is 16.6. The van der Waals surface area contributed by atoms with Crippen LogP contribution < -0.4 is 15.5 Å². The molecule has 2 aliphatic rings. The number of hydrogen-bond donors (Lipinski definition) is 3. The van der Waals surface area contributed by atoms with Crippen LogP contribution in [0.1, 0.15) is 54.3 Å². The molecule has 0 radical (unpaired) electrons. The quantitative estimate of drug-likeness (QED) is 0.478. The third-order valence-corrected chi connectivity index (χ3v) is 5.16. The van der Waals surface area contributed by atoms with Crippen LogP contribution >= 0.6 is 0 Å². The van der Waals surface area contributed by atoms with Crippen LogP contribution in [0.3, 0.4) is 0 Å². The van der Waals surface area contributed by atoms with Crippen LogP contribution in [0, 0.1) is 0 Å². The number of rotatable bonds is 7. The van der Waals surface area contributed by atoms with Gasteiger partial charge in [0, 0.05) is 19.5 Å². The van der Waals surface area contributed by atoms with Crippen molar-refractivity contribution in [3.63, 3.8) is 0 Å². The maximum atomic E-state index is 13.3. The maximum Gasteiger partial charge on any atom is 0.407 e. The fourth-order valence-electron chi connectivity index (χ4n) is 3.82. The number of carbonyl (C=O) groups is 6. The molecule has 0 aliphatic carbocycles. The van der Waals surface area contributed by atoms with Crippen molar-refractivity contribution in [2.75, 3.05) is 24.5 Å². The van der Waals surface area contributed by atoms with Gasteiger partial charge < -0.3 is 20.1 Å². The molecular formula is C22H26N4O8. The monoisotopic (exact) mass is 474 g/mol. The number of piperidine rings is 1. The molecule has 182 valence electrons. The molecule has 34 heavy (non-hydrogen) atoms. The van der Waals surface area contributed by atoms with Gasteiger partial charge in [-0.1, -0.05) is 6.07 Å². The van der Waals surface area contributed by atoms with Crippen molar-refractivity contribution >= 4 is 41.4 Å². The van der Waals surface area contributed by atoms with E-state index in [0.29, 0.717) is 0 Å². The first-order valence-electron chi connectivity index (χ1n) is 10.7. The van der Waals surface area contributed by atoms with Crippen molar-refractivity contribution in [1.29, 1.82) is 0 Å². The predicted octanol–water partition coefficient (Wildman–Crippen LogP) is 0.504. The molecule has 0 bridgehead atoms. The Morgan fingerprint density at radius 3 is 2.53 bits per heavy atom. The Balaban J connectivity index is 1.84. The number of benzene rings is 1. The van der Waals surface area contributed by atoms with Gasteiger partial charge in [0.15, 0.2) is 0 Å². The van der Waals surface area contributed by atoms with Crippen molar-refractivity contribution in [3.8, 4) is 0 Å². The molecule has 0 saturated carbocycles. The molecule has 1 atom stereocenters. The van der Waals surface area contributed by atoms with Crippen LogP contribution in [0.4, 0.5) is 10.5 Å². The third kappa shape index (κ3) is 5.33. The number of ether oxygens (including phenoxy) is 1. The van der Waals surface area contributed by atoms with Gasteiger partial charge in [0.25, 0.3) is 11.8 Å². The Kier molecular flexibility index (Phi) is 6.89. The number of carboxylic acids is 1. The van der Waals surface area contributed by atoms with Crippen LogP contribution in [0.15, 0.2) is 18.2 Å². The second kappa shape index (κ2) is 9.49. The average molecular weight is 474 g/mol. The number of carbonyl (C=O) groups excluding carboxylic acids is 5. The lowest BCUT2D eigenvalue weighted by molar-refractivity contribution is -0.137. The lowest BCUT2D eigenvalue weighted by atomic mass is 10.0. The van der Waals surface area contributed by atoms with Gasteiger partial charge in [-0.2, -0.15) is 0 Å². The lowest BCUT2D eigenvalue weighted by Gasteiger charge is -2.28. The van der Waals surface area contributed by atoms with Crippen molar-refractivity contribution in [3.05, 3.63) is 29.3 Å². The first-order chi connectivity index (χ1) is 15.9. The van der Waals surface area contributed by atoms with E-state index >= 15 is 0 Å². The Bertz CT molecular complexity index is 1060. The normalized spacial score (nSPS) is 17.9. The van der Waals surface area contributed by atoms with Crippen LogP contribution in [0.2, 0.25) is 0 Å².